The molecule has 2 aliphatic rings. The Morgan fingerprint density at radius 2 is 2.04 bits per heavy atom. The van der Waals surface area contributed by atoms with E-state index in [1.165, 1.54) is 18.4 Å². The van der Waals surface area contributed by atoms with E-state index in [9.17, 15) is 4.79 Å². The van der Waals surface area contributed by atoms with Crippen molar-refractivity contribution in [1.82, 2.24) is 15.5 Å². The number of carbonyl (C=O) groups is 1. The average Bonchev–Trinajstić information content (AvgIpc) is 2.73. The zero-order valence-corrected chi connectivity index (χ0v) is 17.5. The van der Waals surface area contributed by atoms with Crippen molar-refractivity contribution in [3.63, 3.8) is 0 Å². The van der Waals surface area contributed by atoms with Crippen molar-refractivity contribution in [2.24, 2.45) is 11.8 Å². The zero-order valence-electron chi connectivity index (χ0n) is 17.5. The Morgan fingerprint density at radius 3 is 2.75 bits per heavy atom. The van der Waals surface area contributed by atoms with Crippen LogP contribution >= 0.6 is 0 Å². The van der Waals surface area contributed by atoms with Crippen molar-refractivity contribution in [2.75, 3.05) is 32.8 Å². The van der Waals surface area contributed by atoms with Crippen LogP contribution in [-0.2, 0) is 16.1 Å². The van der Waals surface area contributed by atoms with Crippen LogP contribution in [0.3, 0.4) is 0 Å². The van der Waals surface area contributed by atoms with Gasteiger partial charge >= 0.3 is 0 Å². The summed E-state index contributed by atoms with van der Waals surface area (Å²) >= 11 is 0. The minimum absolute atomic E-state index is 0.0700. The molecule has 1 amide bonds. The minimum Gasteiger partial charge on any atom is -0.373 e. The molecule has 1 aromatic carbocycles. The second-order valence-electron chi connectivity index (χ2n) is 8.48. The summed E-state index contributed by atoms with van der Waals surface area (Å²) in [7, 11) is 0. The Balaban J connectivity index is 1.48. The van der Waals surface area contributed by atoms with Gasteiger partial charge in [-0.25, -0.2) is 0 Å². The third-order valence-electron chi connectivity index (χ3n) is 6.36. The van der Waals surface area contributed by atoms with Crippen LogP contribution in [0.1, 0.15) is 45.1 Å². The normalized spacial score (nSPS) is 23.9. The highest BCUT2D eigenvalue weighted by molar-refractivity contribution is 5.76. The van der Waals surface area contributed by atoms with E-state index in [0.717, 1.165) is 45.8 Å². The molecule has 2 N–H and O–H groups in total. The van der Waals surface area contributed by atoms with Gasteiger partial charge in [0.1, 0.15) is 0 Å². The van der Waals surface area contributed by atoms with E-state index >= 15 is 0 Å². The topological polar surface area (TPSA) is 53.6 Å². The number of nitrogens with zero attached hydrogens (tertiary/aromatic N) is 1. The van der Waals surface area contributed by atoms with Crippen molar-refractivity contribution >= 4 is 5.91 Å². The lowest BCUT2D eigenvalue weighted by molar-refractivity contribution is -0.125. The molecule has 0 radical (unpaired) electrons. The summed E-state index contributed by atoms with van der Waals surface area (Å²) in [5.74, 6) is 1.29. The number of ether oxygens (including phenoxy) is 1. The molecule has 3 rings (SSSR count). The lowest BCUT2D eigenvalue weighted by atomic mass is 9.84. The predicted octanol–water partition coefficient (Wildman–Crippen LogP) is 2.81. The Hall–Kier alpha value is -1.43. The highest BCUT2D eigenvalue weighted by Gasteiger charge is 2.29. The molecular weight excluding hydrogens is 350 g/mol. The van der Waals surface area contributed by atoms with Gasteiger partial charge in [-0.1, -0.05) is 44.2 Å². The molecule has 2 heterocycles. The largest absolute Gasteiger partial charge is 0.373 e. The second-order valence-corrected chi connectivity index (χ2v) is 8.48. The van der Waals surface area contributed by atoms with Crippen molar-refractivity contribution in [2.45, 2.75) is 58.2 Å². The van der Waals surface area contributed by atoms with Crippen LogP contribution in [-0.4, -0.2) is 55.7 Å². The van der Waals surface area contributed by atoms with E-state index < -0.39 is 0 Å². The van der Waals surface area contributed by atoms with E-state index in [2.05, 4.69) is 59.7 Å². The highest BCUT2D eigenvalue weighted by atomic mass is 16.5. The fourth-order valence-electron chi connectivity index (χ4n) is 4.56. The molecule has 0 saturated carbocycles. The van der Waals surface area contributed by atoms with Crippen molar-refractivity contribution < 1.29 is 9.53 Å². The first-order valence-corrected chi connectivity index (χ1v) is 11.0. The molecule has 0 aromatic heterocycles. The van der Waals surface area contributed by atoms with E-state index in [1.54, 1.807) is 0 Å². The molecular formula is C23H37N3O2. The molecule has 0 bridgehead atoms. The first-order valence-electron chi connectivity index (χ1n) is 11.0. The number of benzene rings is 1. The lowest BCUT2D eigenvalue weighted by Gasteiger charge is -2.37. The van der Waals surface area contributed by atoms with Crippen LogP contribution in [0, 0.1) is 11.8 Å². The standard InChI is InChI=1S/C23H37N3O2/c1-3-21(25-23(27)15-18(2)20-9-11-24-12-10-20)22-17-26(13-14-28-22)16-19-7-5-4-6-8-19/h4-8,18,20-22,24H,3,9-17H2,1-2H3,(H,25,27). The van der Waals surface area contributed by atoms with E-state index in [-0.39, 0.29) is 18.1 Å². The van der Waals surface area contributed by atoms with Crippen molar-refractivity contribution in [1.29, 1.82) is 0 Å². The van der Waals surface area contributed by atoms with Gasteiger partial charge in [0.15, 0.2) is 0 Å². The highest BCUT2D eigenvalue weighted by Crippen LogP contribution is 2.24. The van der Waals surface area contributed by atoms with Gasteiger partial charge in [0, 0.05) is 26.1 Å². The molecule has 156 valence electrons. The summed E-state index contributed by atoms with van der Waals surface area (Å²) in [5.41, 5.74) is 1.33. The maximum atomic E-state index is 12.7. The Kier molecular flexibility index (Phi) is 8.31. The third kappa shape index (κ3) is 6.29. The quantitative estimate of drug-likeness (QED) is 0.720. The number of rotatable bonds is 8. The maximum absolute atomic E-state index is 12.7. The fraction of sp³-hybridized carbons (Fsp3) is 0.696. The molecule has 3 unspecified atom stereocenters. The van der Waals surface area contributed by atoms with Crippen LogP contribution in [0.2, 0.25) is 0 Å². The maximum Gasteiger partial charge on any atom is 0.220 e. The van der Waals surface area contributed by atoms with Gasteiger partial charge in [-0.05, 0) is 49.8 Å². The number of piperidine rings is 1. The molecule has 28 heavy (non-hydrogen) atoms. The summed E-state index contributed by atoms with van der Waals surface area (Å²) in [6.07, 6.45) is 3.97. The first-order chi connectivity index (χ1) is 13.7. The molecule has 5 nitrogen and oxygen atoms in total. The summed E-state index contributed by atoms with van der Waals surface area (Å²) < 4.78 is 6.06. The van der Waals surface area contributed by atoms with Gasteiger partial charge < -0.3 is 15.4 Å². The second kappa shape index (κ2) is 10.9. The smallest absolute Gasteiger partial charge is 0.220 e. The molecule has 0 spiro atoms. The summed E-state index contributed by atoms with van der Waals surface area (Å²) in [5, 5.41) is 6.69. The van der Waals surface area contributed by atoms with Gasteiger partial charge in [-0.3, -0.25) is 9.69 Å². The van der Waals surface area contributed by atoms with Crippen LogP contribution in [0.25, 0.3) is 0 Å². The Bertz CT molecular complexity index is 589. The predicted molar refractivity (Wildman–Crippen MR) is 113 cm³/mol. The monoisotopic (exact) mass is 387 g/mol. The molecule has 2 saturated heterocycles. The molecule has 3 atom stereocenters. The van der Waals surface area contributed by atoms with Gasteiger partial charge in [0.05, 0.1) is 18.8 Å². The van der Waals surface area contributed by atoms with Crippen molar-refractivity contribution in [3.8, 4) is 0 Å². The number of amides is 1. The molecule has 0 aliphatic carbocycles. The van der Waals surface area contributed by atoms with E-state index in [0.29, 0.717) is 18.3 Å². The Morgan fingerprint density at radius 1 is 1.29 bits per heavy atom. The summed E-state index contributed by atoms with van der Waals surface area (Å²) in [6.45, 7) is 10.0. The molecule has 2 fully saturated rings. The van der Waals surface area contributed by atoms with Crippen LogP contribution in [0.15, 0.2) is 30.3 Å². The number of carbonyl (C=O) groups excluding carboxylic acids is 1. The third-order valence-corrected chi connectivity index (χ3v) is 6.36. The van der Waals surface area contributed by atoms with Gasteiger partial charge in [0.2, 0.25) is 5.91 Å². The number of hydrogen-bond donors (Lipinski definition) is 2. The lowest BCUT2D eigenvalue weighted by Crippen LogP contribution is -2.53. The average molecular weight is 388 g/mol. The summed E-state index contributed by atoms with van der Waals surface area (Å²) in [6, 6.07) is 10.7. The molecule has 5 heteroatoms. The van der Waals surface area contributed by atoms with Crippen molar-refractivity contribution in [3.05, 3.63) is 35.9 Å². The van der Waals surface area contributed by atoms with Gasteiger partial charge in [-0.2, -0.15) is 0 Å². The number of hydrogen-bond acceptors (Lipinski definition) is 4. The zero-order chi connectivity index (χ0) is 19.8. The number of nitrogens with one attached hydrogen (secondary N) is 2. The minimum atomic E-state index is 0.0700. The SMILES string of the molecule is CCC(NC(=O)CC(C)C1CCNCC1)C1CN(Cc2ccccc2)CCO1. The Labute approximate surface area is 170 Å². The van der Waals surface area contributed by atoms with Crippen LogP contribution in [0.5, 0.6) is 0 Å². The fourth-order valence-corrected chi connectivity index (χ4v) is 4.56. The summed E-state index contributed by atoms with van der Waals surface area (Å²) in [4.78, 5) is 15.1. The first kappa shape index (κ1) is 21.3. The van der Waals surface area contributed by atoms with Crippen LogP contribution < -0.4 is 10.6 Å². The van der Waals surface area contributed by atoms with E-state index in [1.807, 2.05) is 0 Å². The van der Waals surface area contributed by atoms with Gasteiger partial charge in [0.25, 0.3) is 0 Å². The molecule has 2 aliphatic heterocycles. The van der Waals surface area contributed by atoms with Gasteiger partial charge in [-0.15, -0.1) is 0 Å². The van der Waals surface area contributed by atoms with Crippen LogP contribution in [0.4, 0.5) is 0 Å². The number of morpholine rings is 1. The molecule has 1 aromatic rings. The van der Waals surface area contributed by atoms with E-state index in [4.69, 9.17) is 4.74 Å².